The molecule has 0 bridgehead atoms. The van der Waals surface area contributed by atoms with E-state index < -0.39 is 0 Å². The summed E-state index contributed by atoms with van der Waals surface area (Å²) in [6.45, 7) is 3.69. The molecule has 0 fully saturated rings. The van der Waals surface area contributed by atoms with E-state index in [0.29, 0.717) is 0 Å². The molecule has 0 amide bonds. The Morgan fingerprint density at radius 1 is 1.00 bits per heavy atom. The van der Waals surface area contributed by atoms with Gasteiger partial charge in [-0.2, -0.15) is 0 Å². The van der Waals surface area contributed by atoms with Crippen LogP contribution in [-0.4, -0.2) is 4.98 Å². The van der Waals surface area contributed by atoms with E-state index in [2.05, 4.69) is 23.7 Å². The number of nitrogens with zero attached hydrogens (tertiary/aromatic N) is 1. The van der Waals surface area contributed by atoms with Gasteiger partial charge in [-0.15, -0.1) is 0 Å². The summed E-state index contributed by atoms with van der Waals surface area (Å²) in [7, 11) is 0. The summed E-state index contributed by atoms with van der Waals surface area (Å²) in [5, 5.41) is 0. The van der Waals surface area contributed by atoms with Gasteiger partial charge in [-0.3, -0.25) is 4.98 Å². The Labute approximate surface area is 83.7 Å². The van der Waals surface area contributed by atoms with Gasteiger partial charge in [0.2, 0.25) is 0 Å². The van der Waals surface area contributed by atoms with Crippen LogP contribution in [0.3, 0.4) is 0 Å². The maximum Gasteiger partial charge on any atom is 0.0702 e. The van der Waals surface area contributed by atoms with E-state index in [9.17, 15) is 0 Å². The lowest BCUT2D eigenvalue weighted by Gasteiger charge is -2.00. The number of rotatable bonds is 2. The molecule has 1 aromatic heterocycles. The number of aromatic nitrogens is 1. The van der Waals surface area contributed by atoms with Gasteiger partial charge in [0, 0.05) is 11.8 Å². The van der Waals surface area contributed by atoms with E-state index in [1.165, 1.54) is 0 Å². The summed E-state index contributed by atoms with van der Waals surface area (Å²) < 4.78 is 0. The van der Waals surface area contributed by atoms with Crippen LogP contribution in [0.25, 0.3) is 17.3 Å². The van der Waals surface area contributed by atoms with Gasteiger partial charge in [-0.1, -0.05) is 49.1 Å². The molecule has 0 aliphatic carbocycles. The van der Waals surface area contributed by atoms with Gasteiger partial charge in [0.15, 0.2) is 0 Å². The van der Waals surface area contributed by atoms with Crippen molar-refractivity contribution in [1.29, 1.82) is 0 Å². The Hall–Kier alpha value is -1.89. The smallest absolute Gasteiger partial charge is 0.0702 e. The van der Waals surface area contributed by atoms with E-state index in [4.69, 9.17) is 0 Å². The fraction of sp³-hybridized carbons (Fsp3) is 0. The Morgan fingerprint density at radius 3 is 2.36 bits per heavy atom. The van der Waals surface area contributed by atoms with Crippen LogP contribution in [0.2, 0.25) is 0 Å². The van der Waals surface area contributed by atoms with Crippen molar-refractivity contribution < 1.29 is 0 Å². The molecule has 1 aromatic carbocycles. The summed E-state index contributed by atoms with van der Waals surface area (Å²) in [5.41, 5.74) is 3.18. The molecule has 2 rings (SSSR count). The highest BCUT2D eigenvalue weighted by molar-refractivity contribution is 5.60. The first-order chi connectivity index (χ1) is 6.90. The molecule has 1 heterocycles. The molecule has 1 nitrogen and oxygen atoms in total. The van der Waals surface area contributed by atoms with Crippen LogP contribution in [0, 0.1) is 0 Å². The highest BCUT2D eigenvalue weighted by atomic mass is 14.7. The third-order valence-electron chi connectivity index (χ3n) is 2.09. The maximum atomic E-state index is 4.35. The Balaban J connectivity index is 2.39. The highest BCUT2D eigenvalue weighted by Gasteiger charge is 1.96. The van der Waals surface area contributed by atoms with Gasteiger partial charge in [-0.05, 0) is 11.6 Å². The maximum absolute atomic E-state index is 4.35. The molecule has 0 radical (unpaired) electrons. The molecule has 0 unspecified atom stereocenters. The third-order valence-corrected chi connectivity index (χ3v) is 2.09. The molecule has 1 heteroatoms. The molecule has 0 saturated carbocycles. The van der Waals surface area contributed by atoms with Gasteiger partial charge in [0.1, 0.15) is 0 Å². The SMILES string of the molecule is C=Cc1ccc(-c2ccccc2)nc1. The van der Waals surface area contributed by atoms with Crippen molar-refractivity contribution in [2.24, 2.45) is 0 Å². The standard InChI is InChI=1S/C13H11N/c1-2-11-8-9-13(14-10-11)12-6-4-3-5-7-12/h2-10H,1H2. The zero-order valence-corrected chi connectivity index (χ0v) is 7.85. The van der Waals surface area contributed by atoms with Crippen molar-refractivity contribution in [3.05, 3.63) is 60.8 Å². The average Bonchev–Trinajstić information content (AvgIpc) is 2.30. The molecule has 0 spiro atoms. The van der Waals surface area contributed by atoms with E-state index in [0.717, 1.165) is 16.8 Å². The van der Waals surface area contributed by atoms with E-state index >= 15 is 0 Å². The topological polar surface area (TPSA) is 12.9 Å². The van der Waals surface area contributed by atoms with Crippen molar-refractivity contribution in [1.82, 2.24) is 4.98 Å². The average molecular weight is 181 g/mol. The molecular weight excluding hydrogens is 170 g/mol. The Kier molecular flexibility index (Phi) is 2.41. The second kappa shape index (κ2) is 3.88. The van der Waals surface area contributed by atoms with E-state index in [1.807, 2.05) is 36.5 Å². The lowest BCUT2D eigenvalue weighted by Crippen LogP contribution is -1.82. The zero-order valence-electron chi connectivity index (χ0n) is 7.85. The minimum absolute atomic E-state index is 0.996. The molecule has 0 aliphatic rings. The summed E-state index contributed by atoms with van der Waals surface area (Å²) in [5.74, 6) is 0. The first-order valence-corrected chi connectivity index (χ1v) is 4.54. The van der Waals surface area contributed by atoms with Crippen LogP contribution in [0.5, 0.6) is 0 Å². The molecule has 2 aromatic rings. The monoisotopic (exact) mass is 181 g/mol. The number of hydrogen-bond donors (Lipinski definition) is 0. The fourth-order valence-corrected chi connectivity index (χ4v) is 1.31. The molecule has 0 atom stereocenters. The minimum atomic E-state index is 0.996. The van der Waals surface area contributed by atoms with Crippen LogP contribution in [0.1, 0.15) is 5.56 Å². The van der Waals surface area contributed by atoms with Gasteiger partial charge >= 0.3 is 0 Å². The van der Waals surface area contributed by atoms with E-state index in [-0.39, 0.29) is 0 Å². The van der Waals surface area contributed by atoms with E-state index in [1.54, 1.807) is 6.08 Å². The second-order valence-corrected chi connectivity index (χ2v) is 3.05. The predicted octanol–water partition coefficient (Wildman–Crippen LogP) is 3.39. The summed E-state index contributed by atoms with van der Waals surface area (Å²) >= 11 is 0. The first-order valence-electron chi connectivity index (χ1n) is 4.54. The largest absolute Gasteiger partial charge is 0.256 e. The van der Waals surface area contributed by atoms with Gasteiger partial charge in [0.25, 0.3) is 0 Å². The third kappa shape index (κ3) is 1.72. The van der Waals surface area contributed by atoms with Crippen molar-refractivity contribution in [3.8, 4) is 11.3 Å². The van der Waals surface area contributed by atoms with Crippen molar-refractivity contribution in [3.63, 3.8) is 0 Å². The Morgan fingerprint density at radius 2 is 1.79 bits per heavy atom. The first kappa shape index (κ1) is 8.70. The Bertz CT molecular complexity index is 415. The number of pyridine rings is 1. The summed E-state index contributed by atoms with van der Waals surface area (Å²) in [6, 6.07) is 14.2. The predicted molar refractivity (Wildman–Crippen MR) is 59.8 cm³/mol. The molecule has 0 aliphatic heterocycles. The van der Waals surface area contributed by atoms with Crippen LogP contribution in [0.4, 0.5) is 0 Å². The highest BCUT2D eigenvalue weighted by Crippen LogP contribution is 2.16. The minimum Gasteiger partial charge on any atom is -0.256 e. The second-order valence-electron chi connectivity index (χ2n) is 3.05. The molecule has 14 heavy (non-hydrogen) atoms. The van der Waals surface area contributed by atoms with Crippen molar-refractivity contribution in [2.75, 3.05) is 0 Å². The zero-order chi connectivity index (χ0) is 9.80. The molecule has 0 N–H and O–H groups in total. The van der Waals surface area contributed by atoms with Crippen LogP contribution in [-0.2, 0) is 0 Å². The lowest BCUT2D eigenvalue weighted by molar-refractivity contribution is 1.31. The molecule has 0 saturated heterocycles. The van der Waals surface area contributed by atoms with Crippen molar-refractivity contribution in [2.45, 2.75) is 0 Å². The quantitative estimate of drug-likeness (QED) is 0.692. The lowest BCUT2D eigenvalue weighted by atomic mass is 10.1. The van der Waals surface area contributed by atoms with Gasteiger partial charge in [-0.25, -0.2) is 0 Å². The fourth-order valence-electron chi connectivity index (χ4n) is 1.31. The molecular formula is C13H11N. The number of hydrogen-bond acceptors (Lipinski definition) is 1. The summed E-state index contributed by atoms with van der Waals surface area (Å²) in [4.78, 5) is 4.35. The van der Waals surface area contributed by atoms with Crippen molar-refractivity contribution >= 4 is 6.08 Å². The normalized spacial score (nSPS) is 9.71. The molecule has 68 valence electrons. The van der Waals surface area contributed by atoms with Gasteiger partial charge < -0.3 is 0 Å². The number of benzene rings is 1. The summed E-state index contributed by atoms with van der Waals surface area (Å²) in [6.07, 6.45) is 3.62. The van der Waals surface area contributed by atoms with Crippen LogP contribution < -0.4 is 0 Å². The van der Waals surface area contributed by atoms with Crippen LogP contribution in [0.15, 0.2) is 55.2 Å². The van der Waals surface area contributed by atoms with Gasteiger partial charge in [0.05, 0.1) is 5.69 Å². The van der Waals surface area contributed by atoms with Crippen LogP contribution >= 0.6 is 0 Å².